The van der Waals surface area contributed by atoms with Crippen molar-refractivity contribution in [3.8, 4) is 0 Å². The predicted molar refractivity (Wildman–Crippen MR) is 70.4 cm³/mol. The summed E-state index contributed by atoms with van der Waals surface area (Å²) < 4.78 is 0. The number of likely N-dealkylation sites (N-methyl/N-ethyl adjacent to an activating group) is 1. The van der Waals surface area contributed by atoms with Gasteiger partial charge < -0.3 is 10.0 Å². The van der Waals surface area contributed by atoms with Crippen molar-refractivity contribution in [2.24, 2.45) is 29.6 Å². The Kier molecular flexibility index (Phi) is 3.27. The molecule has 0 aromatic carbocycles. The fraction of sp³-hybridized carbons (Fsp3) is 0.867. The SMILES string of the molecule is CCN(CC(=O)O)C(=O)C1C2CC3CC(C2)CC1C3. The number of carbonyl (C=O) groups is 2. The van der Waals surface area contributed by atoms with Crippen LogP contribution < -0.4 is 0 Å². The van der Waals surface area contributed by atoms with Crippen LogP contribution in [0.1, 0.15) is 39.0 Å². The maximum Gasteiger partial charge on any atom is 0.323 e. The zero-order valence-corrected chi connectivity index (χ0v) is 11.5. The highest BCUT2D eigenvalue weighted by atomic mass is 16.4. The van der Waals surface area contributed by atoms with E-state index in [1.807, 2.05) is 6.92 Å². The predicted octanol–water partition coefficient (Wildman–Crippen LogP) is 1.99. The highest BCUT2D eigenvalue weighted by molar-refractivity contribution is 5.83. The molecule has 0 aromatic heterocycles. The molecule has 4 aliphatic rings. The molecule has 1 N–H and O–H groups in total. The number of carbonyl (C=O) groups excluding carboxylic acids is 1. The molecule has 0 heterocycles. The van der Waals surface area contributed by atoms with E-state index >= 15 is 0 Å². The van der Waals surface area contributed by atoms with Gasteiger partial charge in [0.1, 0.15) is 6.54 Å². The third-order valence-corrected chi connectivity index (χ3v) is 5.53. The minimum atomic E-state index is -0.904. The minimum Gasteiger partial charge on any atom is -0.480 e. The average molecular weight is 265 g/mol. The van der Waals surface area contributed by atoms with E-state index in [9.17, 15) is 9.59 Å². The second-order valence-electron chi connectivity index (χ2n) is 6.70. The van der Waals surface area contributed by atoms with E-state index in [4.69, 9.17) is 5.11 Å². The van der Waals surface area contributed by atoms with Crippen molar-refractivity contribution >= 4 is 11.9 Å². The van der Waals surface area contributed by atoms with E-state index in [1.165, 1.54) is 37.0 Å². The van der Waals surface area contributed by atoms with Crippen LogP contribution in [0.4, 0.5) is 0 Å². The van der Waals surface area contributed by atoms with Gasteiger partial charge in [-0.2, -0.15) is 0 Å². The maximum atomic E-state index is 12.7. The lowest BCUT2D eigenvalue weighted by atomic mass is 9.51. The van der Waals surface area contributed by atoms with Gasteiger partial charge in [0.2, 0.25) is 5.91 Å². The fourth-order valence-electron chi connectivity index (χ4n) is 5.05. The van der Waals surface area contributed by atoms with Crippen LogP contribution in [0, 0.1) is 29.6 Å². The molecule has 106 valence electrons. The Morgan fingerprint density at radius 2 is 1.58 bits per heavy atom. The summed E-state index contributed by atoms with van der Waals surface area (Å²) in [4.78, 5) is 25.1. The van der Waals surface area contributed by atoms with Gasteiger partial charge in [0.05, 0.1) is 0 Å². The Bertz CT molecular complexity index is 365. The van der Waals surface area contributed by atoms with Crippen LogP contribution in [-0.4, -0.2) is 35.0 Å². The standard InChI is InChI=1S/C15H23NO3/c1-2-16(8-13(17)18)15(19)14-11-4-9-3-10(6-11)7-12(14)5-9/h9-12,14H,2-8H2,1H3,(H,17,18). The molecule has 4 saturated carbocycles. The van der Waals surface area contributed by atoms with E-state index in [2.05, 4.69) is 0 Å². The Morgan fingerprint density at radius 3 is 2.00 bits per heavy atom. The molecule has 4 fully saturated rings. The first-order valence-electron chi connectivity index (χ1n) is 7.59. The van der Waals surface area contributed by atoms with Crippen LogP contribution in [0.15, 0.2) is 0 Å². The summed E-state index contributed by atoms with van der Waals surface area (Å²) in [5.41, 5.74) is 0. The Hall–Kier alpha value is -1.06. The number of aliphatic carboxylic acids is 1. The van der Waals surface area contributed by atoms with Gasteiger partial charge >= 0.3 is 5.97 Å². The summed E-state index contributed by atoms with van der Waals surface area (Å²) in [5, 5.41) is 8.92. The molecule has 0 saturated heterocycles. The summed E-state index contributed by atoms with van der Waals surface area (Å²) in [7, 11) is 0. The summed E-state index contributed by atoms with van der Waals surface area (Å²) in [5.74, 6) is 2.09. The summed E-state index contributed by atoms with van der Waals surface area (Å²) in [6, 6.07) is 0. The van der Waals surface area contributed by atoms with Gasteiger partial charge in [-0.25, -0.2) is 0 Å². The van der Waals surface area contributed by atoms with Crippen molar-refractivity contribution < 1.29 is 14.7 Å². The van der Waals surface area contributed by atoms with E-state index in [-0.39, 0.29) is 18.4 Å². The smallest absolute Gasteiger partial charge is 0.323 e. The van der Waals surface area contributed by atoms with Crippen LogP contribution in [0.25, 0.3) is 0 Å². The highest BCUT2D eigenvalue weighted by Crippen LogP contribution is 2.56. The van der Waals surface area contributed by atoms with E-state index in [0.29, 0.717) is 18.4 Å². The van der Waals surface area contributed by atoms with Crippen LogP contribution >= 0.6 is 0 Å². The van der Waals surface area contributed by atoms with Crippen LogP contribution in [0.3, 0.4) is 0 Å². The number of nitrogens with zero attached hydrogens (tertiary/aromatic N) is 1. The molecule has 4 heteroatoms. The van der Waals surface area contributed by atoms with Crippen LogP contribution in [-0.2, 0) is 9.59 Å². The Morgan fingerprint density at radius 1 is 1.05 bits per heavy atom. The van der Waals surface area contributed by atoms with Gasteiger partial charge in [0.15, 0.2) is 0 Å². The van der Waals surface area contributed by atoms with Crippen molar-refractivity contribution in [1.82, 2.24) is 4.90 Å². The third-order valence-electron chi connectivity index (χ3n) is 5.53. The van der Waals surface area contributed by atoms with Gasteiger partial charge in [0, 0.05) is 12.5 Å². The number of hydrogen-bond donors (Lipinski definition) is 1. The van der Waals surface area contributed by atoms with E-state index in [0.717, 1.165) is 11.8 Å². The number of amides is 1. The summed E-state index contributed by atoms with van der Waals surface area (Å²) >= 11 is 0. The molecule has 0 radical (unpaired) electrons. The van der Waals surface area contributed by atoms with Crippen molar-refractivity contribution in [3.63, 3.8) is 0 Å². The lowest BCUT2D eigenvalue weighted by Crippen LogP contribution is -2.52. The van der Waals surface area contributed by atoms with Gasteiger partial charge in [0.25, 0.3) is 0 Å². The minimum absolute atomic E-state index is 0.110. The molecule has 0 atom stereocenters. The number of carboxylic acids is 1. The molecular weight excluding hydrogens is 242 g/mol. The molecule has 4 aliphatic carbocycles. The van der Waals surface area contributed by atoms with Crippen molar-refractivity contribution in [3.05, 3.63) is 0 Å². The second-order valence-corrected chi connectivity index (χ2v) is 6.70. The quantitative estimate of drug-likeness (QED) is 0.845. The molecule has 1 amide bonds. The molecular formula is C15H23NO3. The van der Waals surface area contributed by atoms with Crippen molar-refractivity contribution in [2.45, 2.75) is 39.0 Å². The molecule has 0 spiro atoms. The molecule has 0 aromatic rings. The second kappa shape index (κ2) is 4.80. The van der Waals surface area contributed by atoms with Gasteiger partial charge in [-0.1, -0.05) is 0 Å². The Balaban J connectivity index is 1.74. The normalized spacial score (nSPS) is 39.3. The van der Waals surface area contributed by atoms with Crippen molar-refractivity contribution in [2.75, 3.05) is 13.1 Å². The van der Waals surface area contributed by atoms with Crippen molar-refractivity contribution in [1.29, 1.82) is 0 Å². The summed E-state index contributed by atoms with van der Waals surface area (Å²) in [6.45, 7) is 2.24. The molecule has 19 heavy (non-hydrogen) atoms. The lowest BCUT2D eigenvalue weighted by Gasteiger charge is -2.54. The van der Waals surface area contributed by atoms with E-state index < -0.39 is 5.97 Å². The Labute approximate surface area is 114 Å². The van der Waals surface area contributed by atoms with Gasteiger partial charge in [-0.05, 0) is 62.7 Å². The number of hydrogen-bond acceptors (Lipinski definition) is 2. The number of carboxylic acid groups (broad SMARTS) is 1. The first kappa shape index (κ1) is 12.9. The highest BCUT2D eigenvalue weighted by Gasteiger charge is 2.51. The van der Waals surface area contributed by atoms with Crippen LogP contribution in [0.2, 0.25) is 0 Å². The lowest BCUT2D eigenvalue weighted by molar-refractivity contribution is -0.154. The van der Waals surface area contributed by atoms with Gasteiger partial charge in [-0.3, -0.25) is 9.59 Å². The maximum absolute atomic E-state index is 12.7. The third kappa shape index (κ3) is 2.26. The molecule has 4 nitrogen and oxygen atoms in total. The molecule has 4 rings (SSSR count). The first-order chi connectivity index (χ1) is 9.08. The largest absolute Gasteiger partial charge is 0.480 e. The van der Waals surface area contributed by atoms with E-state index in [1.54, 1.807) is 0 Å². The zero-order valence-electron chi connectivity index (χ0n) is 11.5. The molecule has 4 bridgehead atoms. The average Bonchev–Trinajstić information content (AvgIpc) is 2.34. The number of rotatable bonds is 4. The van der Waals surface area contributed by atoms with Crippen LogP contribution in [0.5, 0.6) is 0 Å². The zero-order chi connectivity index (χ0) is 13.6. The fourth-order valence-corrected chi connectivity index (χ4v) is 5.05. The van der Waals surface area contributed by atoms with Gasteiger partial charge in [-0.15, -0.1) is 0 Å². The topological polar surface area (TPSA) is 57.6 Å². The molecule has 0 unspecified atom stereocenters. The first-order valence-corrected chi connectivity index (χ1v) is 7.59. The summed E-state index contributed by atoms with van der Waals surface area (Å²) in [6.07, 6.45) is 6.19. The molecule has 0 aliphatic heterocycles. The monoisotopic (exact) mass is 265 g/mol.